The number of hydrogen-bond donors (Lipinski definition) is 1. The van der Waals surface area contributed by atoms with Crippen LogP contribution in [0.1, 0.15) is 63.1 Å². The van der Waals surface area contributed by atoms with Crippen molar-refractivity contribution in [3.63, 3.8) is 0 Å². The fourth-order valence-electron chi connectivity index (χ4n) is 4.80. The molecule has 1 aliphatic carbocycles. The summed E-state index contributed by atoms with van der Waals surface area (Å²) in [6.45, 7) is 6.58. The van der Waals surface area contributed by atoms with Crippen molar-refractivity contribution in [3.8, 4) is 0 Å². The lowest BCUT2D eigenvalue weighted by Gasteiger charge is -2.35. The molecule has 176 valence electrons. The third-order valence-electron chi connectivity index (χ3n) is 6.60. The van der Waals surface area contributed by atoms with E-state index in [0.29, 0.717) is 24.6 Å². The van der Waals surface area contributed by atoms with Gasteiger partial charge in [-0.3, -0.25) is 4.84 Å². The summed E-state index contributed by atoms with van der Waals surface area (Å²) in [6.07, 6.45) is 2.47. The van der Waals surface area contributed by atoms with E-state index in [1.54, 1.807) is 5.06 Å². The summed E-state index contributed by atoms with van der Waals surface area (Å²) >= 11 is 0. The first-order chi connectivity index (χ1) is 15.7. The van der Waals surface area contributed by atoms with Crippen molar-refractivity contribution in [1.29, 1.82) is 0 Å². The highest BCUT2D eigenvalue weighted by Crippen LogP contribution is 2.61. The second-order valence-corrected chi connectivity index (χ2v) is 10.2. The largest absolute Gasteiger partial charge is 0.444 e. The molecule has 33 heavy (non-hydrogen) atoms. The average Bonchev–Trinajstić information content (AvgIpc) is 3.26. The second-order valence-electron chi connectivity index (χ2n) is 10.2. The maximum atomic E-state index is 13.3. The van der Waals surface area contributed by atoms with Crippen molar-refractivity contribution in [2.45, 2.75) is 70.9 Å². The van der Waals surface area contributed by atoms with E-state index in [1.807, 2.05) is 62.1 Å². The molecule has 2 aliphatic heterocycles. The molecule has 2 bridgehead atoms. The number of alkyl carbamates (subject to hydrolysis) is 1. The molecule has 1 aromatic carbocycles. The van der Waals surface area contributed by atoms with Crippen LogP contribution in [0.2, 0.25) is 0 Å². The second kappa shape index (κ2) is 8.06. The van der Waals surface area contributed by atoms with Crippen LogP contribution >= 0.6 is 0 Å². The van der Waals surface area contributed by atoms with Crippen molar-refractivity contribution in [3.05, 3.63) is 53.4 Å². The lowest BCUT2D eigenvalue weighted by Crippen LogP contribution is -2.42. The maximum absolute atomic E-state index is 13.3. The van der Waals surface area contributed by atoms with Gasteiger partial charge in [0, 0.05) is 12.6 Å². The maximum Gasteiger partial charge on any atom is 0.408 e. The summed E-state index contributed by atoms with van der Waals surface area (Å²) in [7, 11) is 0. The summed E-state index contributed by atoms with van der Waals surface area (Å²) in [4.78, 5) is 33.0. The van der Waals surface area contributed by atoms with Crippen LogP contribution in [0.15, 0.2) is 40.9 Å². The number of benzene rings is 1. The van der Waals surface area contributed by atoms with Gasteiger partial charge >= 0.3 is 12.1 Å². The van der Waals surface area contributed by atoms with Crippen LogP contribution < -0.4 is 5.32 Å². The summed E-state index contributed by atoms with van der Waals surface area (Å²) in [5.41, 5.74) is 1.23. The van der Waals surface area contributed by atoms with Crippen molar-refractivity contribution in [1.82, 2.24) is 20.4 Å². The third-order valence-corrected chi connectivity index (χ3v) is 6.60. The smallest absolute Gasteiger partial charge is 0.408 e. The molecule has 2 aromatic rings. The van der Waals surface area contributed by atoms with Crippen LogP contribution in [-0.2, 0) is 22.7 Å². The Labute approximate surface area is 192 Å². The molecule has 1 aromatic heterocycles. The number of rotatable bonds is 6. The zero-order chi connectivity index (χ0) is 23.2. The summed E-state index contributed by atoms with van der Waals surface area (Å²) in [5, 5.41) is 8.50. The van der Waals surface area contributed by atoms with Gasteiger partial charge in [-0.25, -0.2) is 9.59 Å². The minimum Gasteiger partial charge on any atom is -0.444 e. The van der Waals surface area contributed by atoms with Crippen molar-refractivity contribution in [2.24, 2.45) is 5.41 Å². The molecule has 3 fully saturated rings. The molecule has 1 saturated carbocycles. The molecule has 9 nitrogen and oxygen atoms in total. The molecule has 0 unspecified atom stereocenters. The van der Waals surface area contributed by atoms with Gasteiger partial charge in [0.1, 0.15) is 17.9 Å². The molecular formula is C24H30N4O5. The highest BCUT2D eigenvalue weighted by Gasteiger charge is 2.63. The number of hydroxylamine groups is 2. The predicted octanol–water partition coefficient (Wildman–Crippen LogP) is 4.16. The molecule has 3 heterocycles. The summed E-state index contributed by atoms with van der Waals surface area (Å²) in [5.74, 6) is 0.520. The lowest BCUT2D eigenvalue weighted by atomic mass is 9.84. The highest BCUT2D eigenvalue weighted by molar-refractivity contribution is 5.77. The van der Waals surface area contributed by atoms with E-state index in [2.05, 4.69) is 10.5 Å². The van der Waals surface area contributed by atoms with Gasteiger partial charge < -0.3 is 19.5 Å². The average molecular weight is 455 g/mol. The quantitative estimate of drug-likeness (QED) is 0.704. The Hall–Kier alpha value is -3.07. The number of urea groups is 1. The Balaban J connectivity index is 1.26. The minimum atomic E-state index is -0.571. The Kier molecular flexibility index (Phi) is 5.31. The first-order valence-electron chi connectivity index (χ1n) is 11.4. The number of nitrogens with zero attached hydrogens (tertiary/aromatic N) is 3. The van der Waals surface area contributed by atoms with Gasteiger partial charge in [0.2, 0.25) is 0 Å². The molecule has 2 atom stereocenters. The molecule has 9 heteroatoms. The molecular weight excluding hydrogens is 424 g/mol. The number of piperidine rings is 1. The fourth-order valence-corrected chi connectivity index (χ4v) is 4.80. The van der Waals surface area contributed by atoms with E-state index in [-0.39, 0.29) is 30.1 Å². The molecule has 5 rings (SSSR count). The molecule has 3 amide bonds. The van der Waals surface area contributed by atoms with Crippen molar-refractivity contribution in [2.75, 3.05) is 6.54 Å². The van der Waals surface area contributed by atoms with Gasteiger partial charge in [0.05, 0.1) is 18.6 Å². The number of fused-ring (bicyclic) bond motifs is 3. The number of amides is 3. The van der Waals surface area contributed by atoms with Crippen LogP contribution in [0.4, 0.5) is 9.59 Å². The molecule has 3 aliphatic rings. The molecule has 1 N–H and O–H groups in total. The number of hydrogen-bond acceptors (Lipinski definition) is 6. The highest BCUT2D eigenvalue weighted by atomic mass is 16.7. The van der Waals surface area contributed by atoms with E-state index in [0.717, 1.165) is 24.8 Å². The van der Waals surface area contributed by atoms with Crippen molar-refractivity contribution >= 4 is 12.1 Å². The lowest BCUT2D eigenvalue weighted by molar-refractivity contribution is -0.153. The molecule has 1 spiro atoms. The normalized spacial score (nSPS) is 23.2. The Morgan fingerprint density at radius 2 is 2.03 bits per heavy atom. The zero-order valence-corrected chi connectivity index (χ0v) is 19.2. The number of ether oxygens (including phenoxy) is 1. The van der Waals surface area contributed by atoms with Crippen LogP contribution in [0.3, 0.4) is 0 Å². The van der Waals surface area contributed by atoms with Crippen LogP contribution in [-0.4, -0.2) is 45.4 Å². The van der Waals surface area contributed by atoms with Crippen LogP contribution in [0.5, 0.6) is 0 Å². The third kappa shape index (κ3) is 4.42. The zero-order valence-electron chi connectivity index (χ0n) is 19.2. The number of aromatic nitrogens is 1. The topological polar surface area (TPSA) is 97.1 Å². The van der Waals surface area contributed by atoms with Gasteiger partial charge in [-0.2, -0.15) is 5.06 Å². The first kappa shape index (κ1) is 21.8. The van der Waals surface area contributed by atoms with E-state index in [1.165, 1.54) is 0 Å². The summed E-state index contributed by atoms with van der Waals surface area (Å²) in [6, 6.07) is 11.5. The summed E-state index contributed by atoms with van der Waals surface area (Å²) < 4.78 is 10.7. The molecule has 2 saturated heterocycles. The fraction of sp³-hybridized carbons (Fsp3) is 0.542. The van der Waals surface area contributed by atoms with Gasteiger partial charge in [-0.15, -0.1) is 0 Å². The van der Waals surface area contributed by atoms with Crippen LogP contribution in [0, 0.1) is 5.41 Å². The van der Waals surface area contributed by atoms with Gasteiger partial charge in [-0.1, -0.05) is 35.5 Å². The number of nitrogens with one attached hydrogen (secondary N) is 1. The van der Waals surface area contributed by atoms with Gasteiger partial charge in [0.15, 0.2) is 5.76 Å². The Bertz CT molecular complexity index is 1030. The van der Waals surface area contributed by atoms with Crippen LogP contribution in [0.25, 0.3) is 0 Å². The van der Waals surface area contributed by atoms with Gasteiger partial charge in [0.25, 0.3) is 0 Å². The number of carbonyl (C=O) groups excluding carboxylic acids is 2. The first-order valence-corrected chi connectivity index (χ1v) is 11.4. The van der Waals surface area contributed by atoms with E-state index in [9.17, 15) is 9.59 Å². The standard InChI is InChI=1S/C24H30N4O5/c1-23(2,3)32-21(29)25-13-17-11-18(26-33-17)19-12-24(9-10-24)20-14-27(19)22(30)28(20)31-15-16-7-5-4-6-8-16/h4-8,11,19-20H,9-10,12-15H2,1-3H3,(H,25,29)/t19-,20-/m0/s1. The number of carbonyl (C=O) groups is 2. The molecule has 0 radical (unpaired) electrons. The Morgan fingerprint density at radius 3 is 2.73 bits per heavy atom. The van der Waals surface area contributed by atoms with E-state index >= 15 is 0 Å². The minimum absolute atomic E-state index is 0.0603. The SMILES string of the molecule is CC(C)(C)OC(=O)NCc1cc([C@@H]2CC3(CC3)[C@@H]3CN2C(=O)N3OCc2ccccc2)no1. The van der Waals surface area contributed by atoms with Crippen molar-refractivity contribution < 1.29 is 23.7 Å². The predicted molar refractivity (Wildman–Crippen MR) is 118 cm³/mol. The monoisotopic (exact) mass is 454 g/mol. The van der Waals surface area contributed by atoms with E-state index in [4.69, 9.17) is 14.1 Å². The van der Waals surface area contributed by atoms with Gasteiger partial charge in [-0.05, 0) is 51.0 Å². The Morgan fingerprint density at radius 1 is 1.27 bits per heavy atom. The van der Waals surface area contributed by atoms with E-state index < -0.39 is 11.7 Å².